The van der Waals surface area contributed by atoms with Gasteiger partial charge >= 0.3 is 0 Å². The molecule has 2 heteroatoms. The van der Waals surface area contributed by atoms with Gasteiger partial charge in [0.25, 0.3) is 0 Å². The number of benzene rings is 8. The second-order valence-corrected chi connectivity index (χ2v) is 18.7. The Morgan fingerprint density at radius 2 is 1.07 bits per heavy atom. The Bertz CT molecular complexity index is 3210. The van der Waals surface area contributed by atoms with E-state index in [9.17, 15) is 0 Å². The van der Waals surface area contributed by atoms with Crippen LogP contribution in [0.1, 0.15) is 93.5 Å². The van der Waals surface area contributed by atoms with Crippen molar-refractivity contribution < 1.29 is 4.42 Å². The lowest BCUT2D eigenvalue weighted by molar-refractivity contribution is 0.442. The van der Waals surface area contributed by atoms with Crippen molar-refractivity contribution in [3.63, 3.8) is 0 Å². The highest BCUT2D eigenvalue weighted by molar-refractivity contribution is 6.10. The topological polar surface area (TPSA) is 16.4 Å². The number of nitrogens with zero attached hydrogens (tertiary/aromatic N) is 1. The zero-order valence-electron chi connectivity index (χ0n) is 35.0. The highest BCUT2D eigenvalue weighted by Gasteiger charge is 2.37. The lowest BCUT2D eigenvalue weighted by Gasteiger charge is -2.31. The van der Waals surface area contributed by atoms with Crippen LogP contribution in [0.5, 0.6) is 0 Å². The molecule has 9 aromatic rings. The molecule has 0 N–H and O–H groups in total. The van der Waals surface area contributed by atoms with Crippen molar-refractivity contribution in [2.45, 2.75) is 76.5 Å². The smallest absolute Gasteiger partial charge is 0.138 e. The standard InChI is InChI=1S/C58H49NO/c1-57(2)50-23-12-10-19-44(50)46-30-26-38(33-52(46)57)42-29-25-37-17-8-9-18-41(37)55(42)59(39-27-31-47-45-20-11-13-24-51(45)58(3,4)53(47)34-39)40-28-32-48-49-22-14-21-43(36-15-6-5-7-16-36)56(49)60-54(48)35-40/h8-14,17-36H,5-7,15-16H2,1-4H3. The molecule has 1 saturated carbocycles. The van der Waals surface area contributed by atoms with Gasteiger partial charge in [-0.3, -0.25) is 0 Å². The van der Waals surface area contributed by atoms with Crippen LogP contribution in [0, 0.1) is 0 Å². The molecule has 0 saturated heterocycles. The number of rotatable bonds is 5. The van der Waals surface area contributed by atoms with Crippen LogP contribution in [0.15, 0.2) is 162 Å². The summed E-state index contributed by atoms with van der Waals surface area (Å²) in [6.07, 6.45) is 6.41. The summed E-state index contributed by atoms with van der Waals surface area (Å²) in [5.74, 6) is 0.557. The van der Waals surface area contributed by atoms with E-state index < -0.39 is 0 Å². The molecule has 0 aliphatic heterocycles. The number of anilines is 3. The van der Waals surface area contributed by atoms with Crippen molar-refractivity contribution >= 4 is 49.8 Å². The van der Waals surface area contributed by atoms with Crippen LogP contribution >= 0.6 is 0 Å². The van der Waals surface area contributed by atoms with Crippen molar-refractivity contribution in [2.75, 3.05) is 4.90 Å². The third kappa shape index (κ3) is 5.13. The first kappa shape index (κ1) is 35.6. The summed E-state index contributed by atoms with van der Waals surface area (Å²) >= 11 is 0. The van der Waals surface area contributed by atoms with Gasteiger partial charge in [0.05, 0.1) is 5.69 Å². The minimum Gasteiger partial charge on any atom is -0.456 e. The maximum atomic E-state index is 7.03. The van der Waals surface area contributed by atoms with Crippen molar-refractivity contribution in [2.24, 2.45) is 0 Å². The van der Waals surface area contributed by atoms with Crippen molar-refractivity contribution in [1.82, 2.24) is 0 Å². The minimum atomic E-state index is -0.145. The Morgan fingerprint density at radius 1 is 0.467 bits per heavy atom. The minimum absolute atomic E-state index is 0.109. The van der Waals surface area contributed by atoms with E-state index in [4.69, 9.17) is 4.42 Å². The number of para-hydroxylation sites is 1. The summed E-state index contributed by atoms with van der Waals surface area (Å²) < 4.78 is 7.03. The van der Waals surface area contributed by atoms with Crippen molar-refractivity contribution in [3.8, 4) is 33.4 Å². The van der Waals surface area contributed by atoms with Gasteiger partial charge in [0.1, 0.15) is 11.2 Å². The quantitative estimate of drug-likeness (QED) is 0.173. The fraction of sp³-hybridized carbons (Fsp3) is 0.207. The summed E-state index contributed by atoms with van der Waals surface area (Å²) in [5, 5.41) is 4.82. The predicted molar refractivity (Wildman–Crippen MR) is 252 cm³/mol. The molecule has 12 rings (SSSR count). The van der Waals surface area contributed by atoms with Gasteiger partial charge < -0.3 is 9.32 Å². The molecule has 0 spiro atoms. The van der Waals surface area contributed by atoms with Gasteiger partial charge in [0.15, 0.2) is 0 Å². The fourth-order valence-electron chi connectivity index (χ4n) is 11.5. The average Bonchev–Trinajstić information content (AvgIpc) is 3.86. The van der Waals surface area contributed by atoms with Gasteiger partial charge in [0, 0.05) is 50.0 Å². The number of fused-ring (bicyclic) bond motifs is 10. The SMILES string of the molecule is CC1(C)c2ccccc2-c2ccc(-c3ccc4ccccc4c3N(c3ccc4c(c3)C(C)(C)c3ccccc3-4)c3ccc4c(c3)oc3c(C5CCCCC5)cccc34)cc21. The molecule has 60 heavy (non-hydrogen) atoms. The maximum Gasteiger partial charge on any atom is 0.138 e. The van der Waals surface area contributed by atoms with Gasteiger partial charge in [-0.1, -0.05) is 168 Å². The Morgan fingerprint density at radius 3 is 1.83 bits per heavy atom. The highest BCUT2D eigenvalue weighted by atomic mass is 16.3. The number of hydrogen-bond acceptors (Lipinski definition) is 2. The zero-order valence-corrected chi connectivity index (χ0v) is 35.0. The Labute approximate surface area is 353 Å². The molecule has 1 heterocycles. The molecular formula is C58H49NO. The molecule has 1 fully saturated rings. The van der Waals surface area contributed by atoms with E-state index in [2.05, 4.69) is 190 Å². The van der Waals surface area contributed by atoms with E-state index in [0.717, 1.165) is 22.5 Å². The van der Waals surface area contributed by atoms with Crippen LogP contribution in [0.25, 0.3) is 66.1 Å². The molecule has 0 unspecified atom stereocenters. The van der Waals surface area contributed by atoms with E-state index >= 15 is 0 Å². The van der Waals surface area contributed by atoms with Crippen LogP contribution in [0.2, 0.25) is 0 Å². The Balaban J connectivity index is 1.11. The Hall–Kier alpha value is -6.38. The summed E-state index contributed by atoms with van der Waals surface area (Å²) in [5.41, 5.74) is 19.8. The molecule has 1 aromatic heterocycles. The molecule has 0 amide bonds. The molecular weight excluding hydrogens is 727 g/mol. The third-order valence-electron chi connectivity index (χ3n) is 14.7. The highest BCUT2D eigenvalue weighted by Crippen LogP contribution is 2.54. The molecule has 3 aliphatic rings. The van der Waals surface area contributed by atoms with Crippen LogP contribution in [-0.2, 0) is 10.8 Å². The van der Waals surface area contributed by atoms with Crippen LogP contribution in [0.4, 0.5) is 17.1 Å². The molecule has 0 radical (unpaired) electrons. The van der Waals surface area contributed by atoms with E-state index in [1.807, 2.05) is 0 Å². The van der Waals surface area contributed by atoms with Gasteiger partial charge in [-0.25, -0.2) is 0 Å². The van der Waals surface area contributed by atoms with Crippen LogP contribution in [0.3, 0.4) is 0 Å². The van der Waals surface area contributed by atoms with Gasteiger partial charge in [-0.2, -0.15) is 0 Å². The first-order valence-corrected chi connectivity index (χ1v) is 22.0. The second-order valence-electron chi connectivity index (χ2n) is 18.7. The largest absolute Gasteiger partial charge is 0.456 e. The van der Waals surface area contributed by atoms with Gasteiger partial charge in [-0.05, 0) is 110 Å². The summed E-state index contributed by atoms with van der Waals surface area (Å²) in [6.45, 7) is 9.51. The van der Waals surface area contributed by atoms with Gasteiger partial charge in [0.2, 0.25) is 0 Å². The second kappa shape index (κ2) is 13.1. The van der Waals surface area contributed by atoms with Crippen LogP contribution in [-0.4, -0.2) is 0 Å². The fourth-order valence-corrected chi connectivity index (χ4v) is 11.5. The molecule has 8 aromatic carbocycles. The first-order chi connectivity index (χ1) is 29.3. The molecule has 0 bridgehead atoms. The molecule has 2 nitrogen and oxygen atoms in total. The molecule has 292 valence electrons. The maximum absolute atomic E-state index is 7.03. The molecule has 3 aliphatic carbocycles. The summed E-state index contributed by atoms with van der Waals surface area (Å²) in [4.78, 5) is 2.53. The van der Waals surface area contributed by atoms with Gasteiger partial charge in [-0.15, -0.1) is 0 Å². The number of furan rings is 1. The van der Waals surface area contributed by atoms with Crippen molar-refractivity contribution in [3.05, 3.63) is 186 Å². The van der Waals surface area contributed by atoms with Crippen LogP contribution < -0.4 is 4.90 Å². The van der Waals surface area contributed by atoms with Crippen molar-refractivity contribution in [1.29, 1.82) is 0 Å². The zero-order chi connectivity index (χ0) is 40.3. The normalized spacial score (nSPS) is 16.2. The average molecular weight is 776 g/mol. The van der Waals surface area contributed by atoms with E-state index in [-0.39, 0.29) is 10.8 Å². The van der Waals surface area contributed by atoms with E-state index in [1.54, 1.807) is 0 Å². The Kier molecular flexibility index (Phi) is 7.74. The number of hydrogen-bond donors (Lipinski definition) is 0. The first-order valence-electron chi connectivity index (χ1n) is 22.0. The summed E-state index contributed by atoms with van der Waals surface area (Å²) in [6, 6.07) is 59.5. The third-order valence-corrected chi connectivity index (χ3v) is 14.7. The lowest BCUT2D eigenvalue weighted by Crippen LogP contribution is -2.17. The van der Waals surface area contributed by atoms with E-state index in [0.29, 0.717) is 5.92 Å². The lowest BCUT2D eigenvalue weighted by atomic mass is 9.81. The van der Waals surface area contributed by atoms with E-state index in [1.165, 1.54) is 121 Å². The predicted octanol–water partition coefficient (Wildman–Crippen LogP) is 16.5. The monoisotopic (exact) mass is 775 g/mol. The summed E-state index contributed by atoms with van der Waals surface area (Å²) in [7, 11) is 0. The molecule has 0 atom stereocenters.